The zero-order chi connectivity index (χ0) is 41.1. The molecule has 2 aliphatic carbocycles. The zero-order valence-electron chi connectivity index (χ0n) is 33.4. The monoisotopic (exact) mass is 796 g/mol. The van der Waals surface area contributed by atoms with Gasteiger partial charge in [0.15, 0.2) is 0 Å². The van der Waals surface area contributed by atoms with Crippen LogP contribution in [0.25, 0.3) is 22.0 Å². The lowest BCUT2D eigenvalue weighted by Crippen LogP contribution is -2.53. The van der Waals surface area contributed by atoms with Crippen molar-refractivity contribution in [2.75, 3.05) is 23.8 Å². The summed E-state index contributed by atoms with van der Waals surface area (Å²) in [5, 5.41) is 15.2. The van der Waals surface area contributed by atoms with Gasteiger partial charge >= 0.3 is 12.1 Å². The molecule has 1 saturated carbocycles. The van der Waals surface area contributed by atoms with E-state index in [1.165, 1.54) is 6.07 Å². The van der Waals surface area contributed by atoms with Crippen molar-refractivity contribution >= 4 is 46.2 Å². The van der Waals surface area contributed by atoms with Crippen LogP contribution in [0.15, 0.2) is 108 Å². The molecular formula is C47H52N6O6. The van der Waals surface area contributed by atoms with E-state index in [-0.39, 0.29) is 36.5 Å². The van der Waals surface area contributed by atoms with Crippen LogP contribution in [0.5, 0.6) is 0 Å². The van der Waals surface area contributed by atoms with E-state index in [0.717, 1.165) is 65.3 Å². The quantitative estimate of drug-likeness (QED) is 0.0585. The SMILES string of the molecule is Cc1cc(=O)[nH]c2cc(NC(=O)[C@H](CCCCNC(=O)Nc3ccccc3)NC(=O)[C@H](CC3CCCCC3)NC(=O)OCC3c4ccccc4-c4ccccc43)ccc12. The maximum absolute atomic E-state index is 14.2. The van der Waals surface area contributed by atoms with E-state index < -0.39 is 30.0 Å². The molecule has 12 nitrogen and oxygen atoms in total. The summed E-state index contributed by atoms with van der Waals surface area (Å²) in [5.41, 5.74) is 6.69. The predicted octanol–water partition coefficient (Wildman–Crippen LogP) is 8.13. The maximum Gasteiger partial charge on any atom is 0.407 e. The van der Waals surface area contributed by atoms with Gasteiger partial charge in [0.05, 0.1) is 5.52 Å². The van der Waals surface area contributed by atoms with Crippen molar-refractivity contribution in [3.63, 3.8) is 0 Å². The van der Waals surface area contributed by atoms with Gasteiger partial charge in [0.2, 0.25) is 17.4 Å². The van der Waals surface area contributed by atoms with E-state index in [4.69, 9.17) is 4.74 Å². The lowest BCUT2D eigenvalue weighted by molar-refractivity contribution is -0.128. The highest BCUT2D eigenvalue weighted by atomic mass is 16.5. The number of aromatic nitrogens is 1. The van der Waals surface area contributed by atoms with Gasteiger partial charge in [0, 0.05) is 35.3 Å². The number of H-pyrrole nitrogens is 1. The van der Waals surface area contributed by atoms with Crippen molar-refractivity contribution in [1.29, 1.82) is 0 Å². The number of carbonyl (C=O) groups is 4. The molecule has 7 rings (SSSR count). The van der Waals surface area contributed by atoms with Gasteiger partial charge in [-0.25, -0.2) is 9.59 Å². The topological polar surface area (TPSA) is 171 Å². The van der Waals surface area contributed by atoms with Crippen LogP contribution < -0.4 is 32.1 Å². The van der Waals surface area contributed by atoms with E-state index in [9.17, 15) is 24.0 Å². The Morgan fingerprint density at radius 3 is 2.15 bits per heavy atom. The predicted molar refractivity (Wildman–Crippen MR) is 230 cm³/mol. The Labute approximate surface area is 343 Å². The Balaban J connectivity index is 1.03. The molecule has 0 unspecified atom stereocenters. The summed E-state index contributed by atoms with van der Waals surface area (Å²) in [6.45, 7) is 2.31. The lowest BCUT2D eigenvalue weighted by Gasteiger charge is -2.28. The molecule has 1 heterocycles. The second-order valence-corrected chi connectivity index (χ2v) is 15.6. The molecule has 59 heavy (non-hydrogen) atoms. The highest BCUT2D eigenvalue weighted by Gasteiger charge is 2.32. The first-order valence-electron chi connectivity index (χ1n) is 20.7. The number of benzene rings is 4. The average Bonchev–Trinajstić information content (AvgIpc) is 3.56. The average molecular weight is 797 g/mol. The Morgan fingerprint density at radius 2 is 1.42 bits per heavy atom. The molecule has 2 atom stereocenters. The van der Waals surface area contributed by atoms with Crippen molar-refractivity contribution in [1.82, 2.24) is 20.9 Å². The maximum atomic E-state index is 14.2. The van der Waals surface area contributed by atoms with E-state index in [0.29, 0.717) is 42.7 Å². The number of nitrogens with one attached hydrogen (secondary N) is 6. The molecule has 1 fully saturated rings. The number of carbonyl (C=O) groups excluding carboxylic acids is 4. The van der Waals surface area contributed by atoms with Crippen LogP contribution >= 0.6 is 0 Å². The molecule has 306 valence electrons. The molecule has 5 aromatic rings. The summed E-state index contributed by atoms with van der Waals surface area (Å²) in [6.07, 6.45) is 6.20. The lowest BCUT2D eigenvalue weighted by atomic mass is 9.84. The highest BCUT2D eigenvalue weighted by Crippen LogP contribution is 2.44. The van der Waals surface area contributed by atoms with Gasteiger partial charge in [-0.1, -0.05) is 105 Å². The number of urea groups is 1. The number of unbranched alkanes of at least 4 members (excludes halogenated alkanes) is 1. The van der Waals surface area contributed by atoms with Crippen molar-refractivity contribution < 1.29 is 23.9 Å². The van der Waals surface area contributed by atoms with E-state index in [1.807, 2.05) is 55.5 Å². The Morgan fingerprint density at radius 1 is 0.729 bits per heavy atom. The third-order valence-corrected chi connectivity index (χ3v) is 11.4. The third kappa shape index (κ3) is 10.6. The molecule has 0 aliphatic heterocycles. The molecule has 1 aromatic heterocycles. The van der Waals surface area contributed by atoms with Gasteiger partial charge in [-0.3, -0.25) is 14.4 Å². The number of aryl methyl sites for hydroxylation is 1. The second kappa shape index (κ2) is 19.3. The number of ether oxygens (including phenoxy) is 1. The third-order valence-electron chi connectivity index (χ3n) is 11.4. The van der Waals surface area contributed by atoms with E-state index in [2.05, 4.69) is 55.8 Å². The summed E-state index contributed by atoms with van der Waals surface area (Å²) in [7, 11) is 0. The Hall–Kier alpha value is -6.43. The first-order valence-corrected chi connectivity index (χ1v) is 20.7. The van der Waals surface area contributed by atoms with Gasteiger partial charge in [0.1, 0.15) is 18.7 Å². The molecule has 2 aliphatic rings. The summed E-state index contributed by atoms with van der Waals surface area (Å²) < 4.78 is 5.87. The van der Waals surface area contributed by atoms with Gasteiger partial charge < -0.3 is 36.3 Å². The summed E-state index contributed by atoms with van der Waals surface area (Å²) in [4.78, 5) is 69.3. The molecule has 4 aromatic carbocycles. The molecular weight excluding hydrogens is 745 g/mol. The van der Waals surface area contributed by atoms with Crippen molar-refractivity contribution in [3.05, 3.63) is 130 Å². The Kier molecular flexibility index (Phi) is 13.4. The smallest absolute Gasteiger partial charge is 0.407 e. The molecule has 0 radical (unpaired) electrons. The van der Waals surface area contributed by atoms with Gasteiger partial charge in [-0.05, 0) is 90.6 Å². The van der Waals surface area contributed by atoms with Crippen molar-refractivity contribution in [2.45, 2.75) is 82.7 Å². The first kappa shape index (κ1) is 40.8. The van der Waals surface area contributed by atoms with Crippen LogP contribution in [0.3, 0.4) is 0 Å². The standard InChI is InChI=1S/C47H52N6O6/c1-30-26-43(54)51-41-28-33(23-24-34(30)41)49-44(55)40(22-12-13-25-48-46(57)50-32-16-6-3-7-17-32)52-45(56)42(27-31-14-4-2-5-15-31)53-47(58)59-29-39-37-20-10-8-18-35(37)36-19-9-11-21-38(36)39/h3,6-11,16-21,23-24,26,28,31,39-40,42H,2,4-5,12-15,22,25,27,29H2,1H3,(H,49,55)(H,51,54)(H,52,56)(H,53,58)(H2,48,50,57)/t40-,42-/m0/s1. The van der Waals surface area contributed by atoms with Gasteiger partial charge in [-0.15, -0.1) is 0 Å². The number of anilines is 2. The van der Waals surface area contributed by atoms with Crippen LogP contribution in [0.1, 0.15) is 80.4 Å². The number of hydrogen-bond acceptors (Lipinski definition) is 6. The number of amides is 5. The minimum Gasteiger partial charge on any atom is -0.449 e. The zero-order valence-corrected chi connectivity index (χ0v) is 33.4. The highest BCUT2D eigenvalue weighted by molar-refractivity contribution is 5.99. The van der Waals surface area contributed by atoms with Crippen LogP contribution in [0.2, 0.25) is 0 Å². The second-order valence-electron chi connectivity index (χ2n) is 15.6. The molecule has 0 spiro atoms. The number of hydrogen-bond donors (Lipinski definition) is 6. The fourth-order valence-corrected chi connectivity index (χ4v) is 8.43. The molecule has 6 N–H and O–H groups in total. The molecule has 12 heteroatoms. The number of aromatic amines is 1. The Bertz CT molecular complexity index is 2290. The van der Waals surface area contributed by atoms with Gasteiger partial charge in [0.25, 0.3) is 0 Å². The van der Waals surface area contributed by atoms with E-state index in [1.54, 1.807) is 24.3 Å². The first-order chi connectivity index (χ1) is 28.7. The number of para-hydroxylation sites is 1. The van der Waals surface area contributed by atoms with Crippen LogP contribution in [-0.4, -0.2) is 54.2 Å². The van der Waals surface area contributed by atoms with Gasteiger partial charge in [-0.2, -0.15) is 0 Å². The number of rotatable bonds is 15. The molecule has 0 saturated heterocycles. The molecule has 5 amide bonds. The summed E-state index contributed by atoms with van der Waals surface area (Å²) in [5.74, 6) is -0.817. The van der Waals surface area contributed by atoms with E-state index >= 15 is 0 Å². The van der Waals surface area contributed by atoms with Crippen molar-refractivity contribution in [2.24, 2.45) is 5.92 Å². The minimum atomic E-state index is -0.967. The fourth-order valence-electron chi connectivity index (χ4n) is 8.43. The normalized spacial score (nSPS) is 14.7. The largest absolute Gasteiger partial charge is 0.449 e. The number of fused-ring (bicyclic) bond motifs is 4. The minimum absolute atomic E-state index is 0.108. The summed E-state index contributed by atoms with van der Waals surface area (Å²) in [6, 6.07) is 29.9. The summed E-state index contributed by atoms with van der Waals surface area (Å²) >= 11 is 0. The van der Waals surface area contributed by atoms with Crippen LogP contribution in [0, 0.1) is 12.8 Å². The van der Waals surface area contributed by atoms with Crippen molar-refractivity contribution in [3.8, 4) is 11.1 Å². The fraction of sp³-hybridized carbons (Fsp3) is 0.340. The number of alkyl carbamates (subject to hydrolysis) is 1. The number of pyridine rings is 1. The van der Waals surface area contributed by atoms with Crippen LogP contribution in [0.4, 0.5) is 21.0 Å². The molecule has 0 bridgehead atoms. The van der Waals surface area contributed by atoms with Crippen LogP contribution in [-0.2, 0) is 14.3 Å².